The largest absolute Gasteiger partial charge is 0.497 e. The summed E-state index contributed by atoms with van der Waals surface area (Å²) in [6, 6.07) is 24.4. The fourth-order valence-electron chi connectivity index (χ4n) is 3.71. The van der Waals surface area contributed by atoms with Crippen molar-refractivity contribution in [2.24, 2.45) is 0 Å². The SMILES string of the molecule is CCCC(=O)N(Cc1ccc(OC)cc1)[C@H](C(=O)NCc1ccc(C)cc1)c1ccccc1. The highest BCUT2D eigenvalue weighted by atomic mass is 16.5. The van der Waals surface area contributed by atoms with E-state index in [4.69, 9.17) is 4.74 Å². The number of carbonyl (C=O) groups is 2. The fourth-order valence-corrected chi connectivity index (χ4v) is 3.71. The van der Waals surface area contributed by atoms with Crippen LogP contribution in [0.15, 0.2) is 78.9 Å². The van der Waals surface area contributed by atoms with Gasteiger partial charge in [0.25, 0.3) is 0 Å². The van der Waals surface area contributed by atoms with Gasteiger partial charge in [-0.05, 0) is 42.2 Å². The molecule has 0 unspecified atom stereocenters. The van der Waals surface area contributed by atoms with Crippen molar-refractivity contribution >= 4 is 11.8 Å². The standard InChI is InChI=1S/C28H32N2O3/c1-4-8-26(31)30(20-23-15-17-25(33-3)18-16-23)27(24-9-6-5-7-10-24)28(32)29-19-22-13-11-21(2)12-14-22/h5-7,9-18,27H,4,8,19-20H2,1-3H3,(H,29,32)/t27-/m0/s1. The van der Waals surface area contributed by atoms with Crippen molar-refractivity contribution in [2.45, 2.75) is 45.8 Å². The van der Waals surface area contributed by atoms with E-state index >= 15 is 0 Å². The van der Waals surface area contributed by atoms with Gasteiger partial charge < -0.3 is 15.0 Å². The molecule has 0 aliphatic carbocycles. The van der Waals surface area contributed by atoms with Gasteiger partial charge in [-0.25, -0.2) is 0 Å². The molecule has 0 aliphatic heterocycles. The Morgan fingerprint density at radius 3 is 2.15 bits per heavy atom. The van der Waals surface area contributed by atoms with Gasteiger partial charge in [-0.15, -0.1) is 0 Å². The first-order chi connectivity index (χ1) is 16.0. The number of nitrogens with one attached hydrogen (secondary N) is 1. The molecule has 5 nitrogen and oxygen atoms in total. The molecule has 1 N–H and O–H groups in total. The second-order valence-electron chi connectivity index (χ2n) is 8.14. The molecule has 172 valence electrons. The second kappa shape index (κ2) is 11.9. The zero-order valence-corrected chi connectivity index (χ0v) is 19.6. The molecule has 0 fully saturated rings. The maximum atomic E-state index is 13.5. The molecule has 3 aromatic rings. The van der Waals surface area contributed by atoms with Gasteiger partial charge in [0, 0.05) is 19.5 Å². The van der Waals surface area contributed by atoms with Crippen LogP contribution in [0.25, 0.3) is 0 Å². The van der Waals surface area contributed by atoms with Crippen LogP contribution in [0.2, 0.25) is 0 Å². The van der Waals surface area contributed by atoms with Crippen LogP contribution < -0.4 is 10.1 Å². The Hall–Kier alpha value is -3.60. The van der Waals surface area contributed by atoms with Gasteiger partial charge in [-0.2, -0.15) is 0 Å². The number of hydrogen-bond acceptors (Lipinski definition) is 3. The van der Waals surface area contributed by atoms with Crippen LogP contribution in [0, 0.1) is 6.92 Å². The molecule has 0 bridgehead atoms. The summed E-state index contributed by atoms with van der Waals surface area (Å²) in [6.07, 6.45) is 1.09. The van der Waals surface area contributed by atoms with Crippen LogP contribution in [0.4, 0.5) is 0 Å². The van der Waals surface area contributed by atoms with Gasteiger partial charge in [-0.3, -0.25) is 9.59 Å². The van der Waals surface area contributed by atoms with E-state index in [0.29, 0.717) is 25.9 Å². The van der Waals surface area contributed by atoms with E-state index in [2.05, 4.69) is 5.32 Å². The van der Waals surface area contributed by atoms with E-state index in [1.165, 1.54) is 5.56 Å². The average Bonchev–Trinajstić information content (AvgIpc) is 2.84. The number of carbonyl (C=O) groups excluding carboxylic acids is 2. The number of nitrogens with zero attached hydrogens (tertiary/aromatic N) is 1. The predicted molar refractivity (Wildman–Crippen MR) is 131 cm³/mol. The van der Waals surface area contributed by atoms with E-state index < -0.39 is 6.04 Å². The minimum absolute atomic E-state index is 0.0485. The zero-order valence-electron chi connectivity index (χ0n) is 19.6. The number of amides is 2. The van der Waals surface area contributed by atoms with E-state index in [1.54, 1.807) is 12.0 Å². The first kappa shape index (κ1) is 24.1. The highest BCUT2D eigenvalue weighted by Crippen LogP contribution is 2.26. The second-order valence-corrected chi connectivity index (χ2v) is 8.14. The topological polar surface area (TPSA) is 58.6 Å². The number of benzene rings is 3. The van der Waals surface area contributed by atoms with Crippen LogP contribution in [0.3, 0.4) is 0 Å². The summed E-state index contributed by atoms with van der Waals surface area (Å²) in [7, 11) is 1.62. The predicted octanol–water partition coefficient (Wildman–Crippen LogP) is 5.19. The molecule has 0 spiro atoms. The molecule has 1 atom stereocenters. The lowest BCUT2D eigenvalue weighted by Crippen LogP contribution is -2.43. The van der Waals surface area contributed by atoms with Crippen LogP contribution in [-0.2, 0) is 22.7 Å². The summed E-state index contributed by atoms with van der Waals surface area (Å²) in [6.45, 7) is 4.74. The Morgan fingerprint density at radius 1 is 0.909 bits per heavy atom. The van der Waals surface area contributed by atoms with Crippen LogP contribution in [0.5, 0.6) is 5.75 Å². The molecule has 33 heavy (non-hydrogen) atoms. The third-order valence-electron chi connectivity index (χ3n) is 5.56. The van der Waals surface area contributed by atoms with E-state index in [0.717, 1.165) is 22.4 Å². The van der Waals surface area contributed by atoms with E-state index in [1.807, 2.05) is 92.7 Å². The Kier molecular flexibility index (Phi) is 8.64. The van der Waals surface area contributed by atoms with Crippen molar-refractivity contribution in [1.82, 2.24) is 10.2 Å². The van der Waals surface area contributed by atoms with Gasteiger partial charge in [0.2, 0.25) is 11.8 Å². The van der Waals surface area contributed by atoms with Crippen molar-refractivity contribution in [3.63, 3.8) is 0 Å². The maximum Gasteiger partial charge on any atom is 0.247 e. The molecule has 0 radical (unpaired) electrons. The van der Waals surface area contributed by atoms with Crippen molar-refractivity contribution in [3.05, 3.63) is 101 Å². The molecular weight excluding hydrogens is 412 g/mol. The summed E-state index contributed by atoms with van der Waals surface area (Å²) in [5.41, 5.74) is 3.91. The molecule has 3 rings (SSSR count). The van der Waals surface area contributed by atoms with Gasteiger partial charge in [0.1, 0.15) is 11.8 Å². The van der Waals surface area contributed by atoms with Crippen molar-refractivity contribution in [1.29, 1.82) is 0 Å². The number of rotatable bonds is 10. The smallest absolute Gasteiger partial charge is 0.247 e. The van der Waals surface area contributed by atoms with Crippen molar-refractivity contribution in [2.75, 3.05) is 7.11 Å². The molecule has 0 aliphatic rings. The van der Waals surface area contributed by atoms with Crippen LogP contribution in [0.1, 0.15) is 48.1 Å². The van der Waals surface area contributed by atoms with Gasteiger partial charge in [0.15, 0.2) is 0 Å². The highest BCUT2D eigenvalue weighted by Gasteiger charge is 2.31. The Labute approximate surface area is 196 Å². The molecule has 0 saturated carbocycles. The normalized spacial score (nSPS) is 11.5. The summed E-state index contributed by atoms with van der Waals surface area (Å²) in [5, 5.41) is 3.05. The molecule has 2 amide bonds. The van der Waals surface area contributed by atoms with E-state index in [9.17, 15) is 9.59 Å². The maximum absolute atomic E-state index is 13.5. The van der Waals surface area contributed by atoms with Crippen LogP contribution >= 0.6 is 0 Å². The van der Waals surface area contributed by atoms with Gasteiger partial charge >= 0.3 is 0 Å². The summed E-state index contributed by atoms with van der Waals surface area (Å²) in [4.78, 5) is 28.4. The number of ether oxygens (including phenoxy) is 1. The number of aryl methyl sites for hydroxylation is 1. The lowest BCUT2D eigenvalue weighted by Gasteiger charge is -2.31. The molecule has 5 heteroatoms. The molecule has 0 aromatic heterocycles. The van der Waals surface area contributed by atoms with Gasteiger partial charge in [0.05, 0.1) is 7.11 Å². The zero-order chi connectivity index (χ0) is 23.6. The minimum atomic E-state index is -0.724. The monoisotopic (exact) mass is 444 g/mol. The molecule has 0 heterocycles. The number of hydrogen-bond donors (Lipinski definition) is 1. The summed E-state index contributed by atoms with van der Waals surface area (Å²) in [5.74, 6) is 0.507. The Balaban J connectivity index is 1.89. The quantitative estimate of drug-likeness (QED) is 0.468. The lowest BCUT2D eigenvalue weighted by atomic mass is 10.0. The number of methoxy groups -OCH3 is 1. The molecular formula is C28H32N2O3. The third-order valence-corrected chi connectivity index (χ3v) is 5.56. The third kappa shape index (κ3) is 6.69. The summed E-state index contributed by atoms with van der Waals surface area (Å²) < 4.78 is 5.25. The highest BCUT2D eigenvalue weighted by molar-refractivity contribution is 5.88. The Bertz CT molecular complexity index is 1030. The fraction of sp³-hybridized carbons (Fsp3) is 0.286. The molecule has 3 aromatic carbocycles. The summed E-state index contributed by atoms with van der Waals surface area (Å²) >= 11 is 0. The first-order valence-electron chi connectivity index (χ1n) is 11.3. The lowest BCUT2D eigenvalue weighted by molar-refractivity contribution is -0.141. The average molecular weight is 445 g/mol. The Morgan fingerprint density at radius 2 is 1.55 bits per heavy atom. The van der Waals surface area contributed by atoms with Gasteiger partial charge in [-0.1, -0.05) is 79.2 Å². The van der Waals surface area contributed by atoms with Crippen molar-refractivity contribution < 1.29 is 14.3 Å². The van der Waals surface area contributed by atoms with Crippen molar-refractivity contribution in [3.8, 4) is 5.75 Å². The van der Waals surface area contributed by atoms with E-state index in [-0.39, 0.29) is 11.8 Å². The first-order valence-corrected chi connectivity index (χ1v) is 11.3. The molecule has 0 saturated heterocycles. The minimum Gasteiger partial charge on any atom is -0.497 e. The van der Waals surface area contributed by atoms with Crippen LogP contribution in [-0.4, -0.2) is 23.8 Å².